The first-order chi connectivity index (χ1) is 6.10. The van der Waals surface area contributed by atoms with Gasteiger partial charge in [-0.2, -0.15) is 11.8 Å². The Hall–Kier alpha value is -0.510. The lowest BCUT2D eigenvalue weighted by Crippen LogP contribution is -2.37. The lowest BCUT2D eigenvalue weighted by atomic mass is 9.75. The molecule has 1 fully saturated rings. The van der Waals surface area contributed by atoms with Gasteiger partial charge in [0.1, 0.15) is 5.78 Å². The molecule has 0 aliphatic heterocycles. The average Bonchev–Trinajstić information content (AvgIpc) is 2.09. The molecule has 0 spiro atoms. The minimum Gasteiger partial charge on any atom is -0.481 e. The van der Waals surface area contributed by atoms with Crippen molar-refractivity contribution in [1.82, 2.24) is 0 Å². The van der Waals surface area contributed by atoms with Crippen LogP contribution in [0.4, 0.5) is 0 Å². The topological polar surface area (TPSA) is 54.4 Å². The maximum Gasteiger partial charge on any atom is 0.310 e. The second-order valence-electron chi connectivity index (χ2n) is 3.56. The molecule has 1 N–H and O–H groups in total. The number of ketones is 1. The van der Waals surface area contributed by atoms with Gasteiger partial charge in [0, 0.05) is 18.6 Å². The molecule has 4 heteroatoms. The van der Waals surface area contributed by atoms with Crippen molar-refractivity contribution < 1.29 is 14.7 Å². The maximum absolute atomic E-state index is 11.0. The largest absolute Gasteiger partial charge is 0.481 e. The zero-order chi connectivity index (χ0) is 9.90. The number of carbonyl (C=O) groups excluding carboxylic acids is 1. The third-order valence-corrected chi connectivity index (χ3v) is 3.48. The van der Waals surface area contributed by atoms with E-state index in [1.54, 1.807) is 11.8 Å². The number of carbonyl (C=O) groups is 2. The van der Waals surface area contributed by atoms with Crippen LogP contribution in [0.5, 0.6) is 0 Å². The Labute approximate surface area is 81.9 Å². The van der Waals surface area contributed by atoms with Crippen LogP contribution in [0.25, 0.3) is 0 Å². The summed E-state index contributed by atoms with van der Waals surface area (Å²) in [6.07, 6.45) is 3.81. The molecule has 1 saturated carbocycles. The van der Waals surface area contributed by atoms with Crippen molar-refractivity contribution in [2.24, 2.45) is 5.41 Å². The first-order valence-electron chi connectivity index (χ1n) is 4.35. The van der Waals surface area contributed by atoms with Crippen molar-refractivity contribution in [1.29, 1.82) is 0 Å². The Bertz CT molecular complexity index is 215. The van der Waals surface area contributed by atoms with Gasteiger partial charge >= 0.3 is 5.97 Å². The molecular formula is C9H14O3S. The van der Waals surface area contributed by atoms with Crippen LogP contribution in [-0.2, 0) is 9.59 Å². The fourth-order valence-corrected chi connectivity index (χ4v) is 2.67. The van der Waals surface area contributed by atoms with E-state index in [-0.39, 0.29) is 5.78 Å². The quantitative estimate of drug-likeness (QED) is 0.754. The normalized spacial score (nSPS) is 21.5. The summed E-state index contributed by atoms with van der Waals surface area (Å²) in [7, 11) is 0. The molecule has 1 rings (SSSR count). The summed E-state index contributed by atoms with van der Waals surface area (Å²) in [5.74, 6) is 0.0858. The first-order valence-corrected chi connectivity index (χ1v) is 5.74. The molecule has 0 aromatic carbocycles. The number of carboxylic acids is 1. The molecule has 0 atom stereocenters. The standard InChI is InChI=1S/C9H14O3S/c1-13-6-9(8(11)12)4-2-7(10)3-5-9/h2-6H2,1H3,(H,11,12). The Morgan fingerprint density at radius 2 is 2.08 bits per heavy atom. The van der Waals surface area contributed by atoms with Crippen molar-refractivity contribution in [2.45, 2.75) is 25.7 Å². The van der Waals surface area contributed by atoms with Gasteiger partial charge in [-0.3, -0.25) is 9.59 Å². The number of thioether (sulfide) groups is 1. The number of Topliss-reactive ketones (excluding diaryl/α,β-unsaturated/α-hetero) is 1. The summed E-state index contributed by atoms with van der Waals surface area (Å²) in [4.78, 5) is 22.0. The molecule has 0 saturated heterocycles. The first kappa shape index (κ1) is 10.6. The molecule has 0 bridgehead atoms. The van der Waals surface area contributed by atoms with E-state index < -0.39 is 11.4 Å². The molecule has 3 nitrogen and oxygen atoms in total. The zero-order valence-electron chi connectivity index (χ0n) is 7.71. The molecule has 0 aromatic rings. The fourth-order valence-electron chi connectivity index (χ4n) is 1.70. The van der Waals surface area contributed by atoms with Gasteiger partial charge in [0.15, 0.2) is 0 Å². The van der Waals surface area contributed by atoms with Gasteiger partial charge in [-0.15, -0.1) is 0 Å². The van der Waals surface area contributed by atoms with Crippen LogP contribution in [0.15, 0.2) is 0 Å². The molecule has 13 heavy (non-hydrogen) atoms. The summed E-state index contributed by atoms with van der Waals surface area (Å²) < 4.78 is 0. The van der Waals surface area contributed by atoms with Crippen molar-refractivity contribution >= 4 is 23.5 Å². The highest BCUT2D eigenvalue weighted by atomic mass is 32.2. The molecule has 0 amide bonds. The van der Waals surface area contributed by atoms with Gasteiger partial charge < -0.3 is 5.11 Å². The molecule has 0 aromatic heterocycles. The highest BCUT2D eigenvalue weighted by Crippen LogP contribution is 2.37. The molecule has 74 valence electrons. The lowest BCUT2D eigenvalue weighted by molar-refractivity contribution is -0.150. The van der Waals surface area contributed by atoms with Gasteiger partial charge in [-0.25, -0.2) is 0 Å². The number of hydrogen-bond acceptors (Lipinski definition) is 3. The summed E-state index contributed by atoms with van der Waals surface area (Å²) in [6.45, 7) is 0. The van der Waals surface area contributed by atoms with Crippen LogP contribution >= 0.6 is 11.8 Å². The highest BCUT2D eigenvalue weighted by Gasteiger charge is 2.40. The maximum atomic E-state index is 11.0. The van der Waals surface area contributed by atoms with Crippen LogP contribution in [0.3, 0.4) is 0 Å². The van der Waals surface area contributed by atoms with E-state index in [2.05, 4.69) is 0 Å². The average molecular weight is 202 g/mol. The Morgan fingerprint density at radius 3 is 2.46 bits per heavy atom. The van der Waals surface area contributed by atoms with Gasteiger partial charge in [-0.1, -0.05) is 0 Å². The van der Waals surface area contributed by atoms with E-state index in [1.165, 1.54) is 0 Å². The minimum atomic E-state index is -0.741. The lowest BCUT2D eigenvalue weighted by Gasteiger charge is -2.31. The van der Waals surface area contributed by atoms with Gasteiger partial charge in [0.05, 0.1) is 5.41 Å². The van der Waals surface area contributed by atoms with E-state index >= 15 is 0 Å². The van der Waals surface area contributed by atoms with Gasteiger partial charge in [0.2, 0.25) is 0 Å². The number of rotatable bonds is 3. The van der Waals surface area contributed by atoms with Crippen LogP contribution in [0, 0.1) is 5.41 Å². The van der Waals surface area contributed by atoms with E-state index in [1.807, 2.05) is 6.26 Å². The smallest absolute Gasteiger partial charge is 0.310 e. The van der Waals surface area contributed by atoms with E-state index in [4.69, 9.17) is 5.11 Å². The zero-order valence-corrected chi connectivity index (χ0v) is 8.52. The van der Waals surface area contributed by atoms with Crippen LogP contribution in [0.1, 0.15) is 25.7 Å². The van der Waals surface area contributed by atoms with Gasteiger partial charge in [-0.05, 0) is 19.1 Å². The molecular weight excluding hydrogens is 188 g/mol. The Balaban J connectivity index is 2.68. The molecule has 1 aliphatic rings. The van der Waals surface area contributed by atoms with Crippen molar-refractivity contribution in [3.05, 3.63) is 0 Å². The van der Waals surface area contributed by atoms with Crippen molar-refractivity contribution in [2.75, 3.05) is 12.0 Å². The summed E-state index contributed by atoms with van der Waals surface area (Å²) in [5, 5.41) is 9.08. The van der Waals surface area contributed by atoms with Crippen LogP contribution < -0.4 is 0 Å². The SMILES string of the molecule is CSCC1(C(=O)O)CCC(=O)CC1. The van der Waals surface area contributed by atoms with E-state index in [0.717, 1.165) is 0 Å². The fraction of sp³-hybridized carbons (Fsp3) is 0.778. The molecule has 0 radical (unpaired) electrons. The highest BCUT2D eigenvalue weighted by molar-refractivity contribution is 7.98. The summed E-state index contributed by atoms with van der Waals surface area (Å²) >= 11 is 1.54. The monoisotopic (exact) mass is 202 g/mol. The molecule has 1 aliphatic carbocycles. The van der Waals surface area contributed by atoms with Crippen molar-refractivity contribution in [3.8, 4) is 0 Å². The molecule has 0 heterocycles. The van der Waals surface area contributed by atoms with Crippen molar-refractivity contribution in [3.63, 3.8) is 0 Å². The number of aliphatic carboxylic acids is 1. The second-order valence-corrected chi connectivity index (χ2v) is 4.42. The summed E-state index contributed by atoms with van der Waals surface area (Å²) in [6, 6.07) is 0. The van der Waals surface area contributed by atoms with E-state index in [9.17, 15) is 9.59 Å². The van der Waals surface area contributed by atoms with Crippen LogP contribution in [-0.4, -0.2) is 28.9 Å². The third-order valence-electron chi connectivity index (χ3n) is 2.64. The predicted molar refractivity (Wildman–Crippen MR) is 51.9 cm³/mol. The summed E-state index contributed by atoms with van der Waals surface area (Å²) in [5.41, 5.74) is -0.632. The number of hydrogen-bond donors (Lipinski definition) is 1. The van der Waals surface area contributed by atoms with Gasteiger partial charge in [0.25, 0.3) is 0 Å². The second kappa shape index (κ2) is 4.13. The Kier molecular flexibility index (Phi) is 3.36. The minimum absolute atomic E-state index is 0.206. The third kappa shape index (κ3) is 2.24. The number of carboxylic acid groups (broad SMARTS) is 1. The molecule has 0 unspecified atom stereocenters. The van der Waals surface area contributed by atoms with E-state index in [0.29, 0.717) is 31.4 Å². The van der Waals surface area contributed by atoms with Crippen LogP contribution in [0.2, 0.25) is 0 Å². The Morgan fingerprint density at radius 1 is 1.54 bits per heavy atom. The predicted octanol–water partition coefficient (Wildman–Crippen LogP) is 1.56.